The zero-order chi connectivity index (χ0) is 22.3. The van der Waals surface area contributed by atoms with E-state index in [2.05, 4.69) is 4.98 Å². The van der Waals surface area contributed by atoms with Gasteiger partial charge in [-0.05, 0) is 42.8 Å². The molecule has 0 unspecified atom stereocenters. The molecule has 0 saturated heterocycles. The fourth-order valence-electron chi connectivity index (χ4n) is 4.19. The van der Waals surface area contributed by atoms with Crippen molar-refractivity contribution in [3.63, 3.8) is 0 Å². The first kappa shape index (κ1) is 20.8. The largest absolute Gasteiger partial charge is 0.429 e. The van der Waals surface area contributed by atoms with Crippen molar-refractivity contribution in [3.8, 4) is 10.6 Å². The molecule has 0 aromatic heterocycles. The van der Waals surface area contributed by atoms with Crippen LogP contribution in [0.25, 0.3) is 20.8 Å². The Morgan fingerprint density at radius 2 is 1.45 bits per heavy atom. The van der Waals surface area contributed by atoms with Gasteiger partial charge in [-0.2, -0.15) is 0 Å². The molecule has 0 radical (unpaired) electrons. The van der Waals surface area contributed by atoms with Crippen molar-refractivity contribution in [1.82, 2.24) is 14.5 Å². The van der Waals surface area contributed by atoms with E-state index in [4.69, 9.17) is 0 Å². The van der Waals surface area contributed by atoms with Crippen molar-refractivity contribution in [1.29, 1.82) is 0 Å². The quantitative estimate of drug-likeness (QED) is 0.230. The van der Waals surface area contributed by atoms with Gasteiger partial charge in [0.2, 0.25) is 5.36 Å². The molecule has 0 fully saturated rings. The third kappa shape index (κ3) is 2.81. The van der Waals surface area contributed by atoms with Crippen LogP contribution in [0.5, 0.6) is 0 Å². The molecule has 33 heavy (non-hydrogen) atoms. The van der Waals surface area contributed by atoms with Crippen LogP contribution in [0.1, 0.15) is 54.4 Å². The van der Waals surface area contributed by atoms with Crippen LogP contribution in [-0.4, -0.2) is 40.6 Å². The van der Waals surface area contributed by atoms with Gasteiger partial charge >= 0.3 is 11.8 Å². The fourth-order valence-corrected chi connectivity index (χ4v) is 5.29. The van der Waals surface area contributed by atoms with Crippen molar-refractivity contribution in [2.75, 3.05) is 7.05 Å². The summed E-state index contributed by atoms with van der Waals surface area (Å²) < 4.78 is 2.10. The highest BCUT2D eigenvalue weighted by Crippen LogP contribution is 2.31. The number of nitrogens with zero attached hydrogens (tertiary/aromatic N) is 3. The van der Waals surface area contributed by atoms with Crippen LogP contribution in [0.4, 0.5) is 0 Å². The zero-order valence-electron chi connectivity index (χ0n) is 17.0. The average molecular weight is 457 g/mol. The van der Waals surface area contributed by atoms with Crippen molar-refractivity contribution >= 4 is 45.2 Å². The Morgan fingerprint density at radius 3 is 2.09 bits per heavy atom. The minimum atomic E-state index is -0.517. The smallest absolute Gasteiger partial charge is 0.277 e. The van der Waals surface area contributed by atoms with Crippen LogP contribution >= 0.6 is 11.3 Å². The molecule has 0 saturated carbocycles. The van der Waals surface area contributed by atoms with Gasteiger partial charge < -0.3 is 0 Å². The highest BCUT2D eigenvalue weighted by Gasteiger charge is 2.46. The summed E-state index contributed by atoms with van der Waals surface area (Å²) in [6.45, 7) is 2.01. The second-order valence-corrected chi connectivity index (χ2v) is 8.98. The van der Waals surface area contributed by atoms with Gasteiger partial charge in [-0.25, -0.2) is 14.6 Å². The molecule has 2 aromatic rings. The first-order valence-electron chi connectivity index (χ1n) is 9.87. The summed E-state index contributed by atoms with van der Waals surface area (Å²) in [5.74, 6) is -1.99. The molecule has 4 amide bonds. The van der Waals surface area contributed by atoms with E-state index < -0.39 is 23.6 Å². The van der Waals surface area contributed by atoms with Gasteiger partial charge in [-0.3, -0.25) is 14.5 Å². The highest BCUT2D eigenvalue weighted by molar-refractivity contribution is 7.21. The summed E-state index contributed by atoms with van der Waals surface area (Å²) in [7, 11) is 1.38. The van der Waals surface area contributed by atoms with E-state index >= 15 is 0 Å². The SMILES string of the molecule is C.Cc1ccc2nc3ccc(=[N+]4C(=O)c5cc6c(cc5C4=O)C(=O)N(C)C6=O)cc-3sc2c1. The Kier molecular flexibility index (Phi) is 4.41. The Balaban J connectivity index is 0.00000228. The summed E-state index contributed by atoms with van der Waals surface area (Å²) in [6.07, 6.45) is 0. The number of aromatic nitrogens is 1. The van der Waals surface area contributed by atoms with Gasteiger partial charge in [0.05, 0.1) is 31.9 Å². The summed E-state index contributed by atoms with van der Waals surface area (Å²) >= 11 is 1.54. The van der Waals surface area contributed by atoms with Gasteiger partial charge in [-0.15, -0.1) is 11.3 Å². The van der Waals surface area contributed by atoms with E-state index in [1.807, 2.05) is 25.1 Å². The van der Waals surface area contributed by atoms with Crippen molar-refractivity contribution < 1.29 is 19.2 Å². The van der Waals surface area contributed by atoms with Crippen molar-refractivity contribution in [2.24, 2.45) is 0 Å². The van der Waals surface area contributed by atoms with Crippen LogP contribution in [0, 0.1) is 6.92 Å². The molecular formula is C25H18N3O4S+. The molecular weight excluding hydrogens is 438 g/mol. The number of carbonyl (C=O) groups is 4. The molecule has 6 rings (SSSR count). The molecule has 2 aromatic carbocycles. The predicted octanol–water partition coefficient (Wildman–Crippen LogP) is 3.34. The Labute approximate surface area is 192 Å². The van der Waals surface area contributed by atoms with E-state index in [1.54, 1.807) is 18.2 Å². The maximum absolute atomic E-state index is 13.2. The number of hydrogen-bond acceptors (Lipinski definition) is 6. The molecule has 162 valence electrons. The molecule has 3 heterocycles. The summed E-state index contributed by atoms with van der Waals surface area (Å²) in [5.41, 5.74) is 3.31. The lowest BCUT2D eigenvalue weighted by molar-refractivity contribution is 0.0692. The second kappa shape index (κ2) is 6.98. The maximum Gasteiger partial charge on any atom is 0.429 e. The van der Waals surface area contributed by atoms with Crippen LogP contribution < -0.4 is 9.93 Å². The Hall–Kier alpha value is -4.04. The number of rotatable bonds is 0. The summed E-state index contributed by atoms with van der Waals surface area (Å²) in [6, 6.07) is 14.0. The van der Waals surface area contributed by atoms with Gasteiger partial charge in [0.1, 0.15) is 11.1 Å². The molecule has 4 aliphatic rings. The predicted molar refractivity (Wildman–Crippen MR) is 125 cm³/mol. The minimum Gasteiger partial charge on any atom is -0.277 e. The van der Waals surface area contributed by atoms with Crippen molar-refractivity contribution in [3.05, 3.63) is 81.7 Å². The zero-order valence-corrected chi connectivity index (χ0v) is 17.8. The Bertz CT molecular complexity index is 1580. The molecule has 0 spiro atoms. The topological polar surface area (TPSA) is 87.4 Å². The lowest BCUT2D eigenvalue weighted by Gasteiger charge is -2.05. The normalized spacial score (nSPS) is 14.8. The van der Waals surface area contributed by atoms with E-state index in [-0.39, 0.29) is 29.7 Å². The number of carbonyl (C=O) groups excluding carboxylic acids is 4. The number of imide groups is 2. The van der Waals surface area contributed by atoms with E-state index in [1.165, 1.54) is 30.5 Å². The van der Waals surface area contributed by atoms with E-state index in [0.717, 1.165) is 35.8 Å². The molecule has 1 aliphatic carbocycles. The monoisotopic (exact) mass is 456 g/mol. The number of amides is 4. The second-order valence-electron chi connectivity index (χ2n) is 7.90. The molecule has 3 aliphatic heterocycles. The summed E-state index contributed by atoms with van der Waals surface area (Å²) in [5, 5.41) is 0.420. The van der Waals surface area contributed by atoms with Crippen LogP contribution in [0.2, 0.25) is 0 Å². The molecule has 8 heteroatoms. The third-order valence-electron chi connectivity index (χ3n) is 5.87. The van der Waals surface area contributed by atoms with Gasteiger partial charge in [0, 0.05) is 19.2 Å². The lowest BCUT2D eigenvalue weighted by Crippen LogP contribution is -2.35. The van der Waals surface area contributed by atoms with Crippen LogP contribution in [0.3, 0.4) is 0 Å². The third-order valence-corrected chi connectivity index (χ3v) is 6.97. The van der Waals surface area contributed by atoms with Gasteiger partial charge in [0.15, 0.2) is 0 Å². The lowest BCUT2D eigenvalue weighted by atomic mass is 10.0. The number of aryl methyl sites for hydroxylation is 1. The number of hydrogen-bond donors (Lipinski definition) is 0. The first-order valence-corrected chi connectivity index (χ1v) is 10.7. The molecule has 0 atom stereocenters. The average Bonchev–Trinajstić information content (AvgIpc) is 3.15. The van der Waals surface area contributed by atoms with E-state index in [9.17, 15) is 19.2 Å². The Morgan fingerprint density at radius 1 is 0.818 bits per heavy atom. The highest BCUT2D eigenvalue weighted by atomic mass is 32.1. The molecule has 0 bridgehead atoms. The van der Waals surface area contributed by atoms with Gasteiger partial charge in [-0.1, -0.05) is 18.1 Å². The van der Waals surface area contributed by atoms with Gasteiger partial charge in [0.25, 0.3) is 11.8 Å². The standard InChI is InChI=1S/C24H14N3O4S.CH4/c1-11-3-5-17-19(7-11)32-20-8-12(4-6-18(20)25-17)27-23(30)15-9-13-14(10-16(15)24(27)31)22(29)26(2)21(13)28;/h3-10H,1-2H3;1H4/q+1;. The first-order chi connectivity index (χ1) is 15.3. The number of fused-ring (bicyclic) bond motifs is 4. The van der Waals surface area contributed by atoms with Crippen LogP contribution in [0.15, 0.2) is 48.5 Å². The molecule has 7 nitrogen and oxygen atoms in total. The van der Waals surface area contributed by atoms with E-state index in [0.29, 0.717) is 5.36 Å². The van der Waals surface area contributed by atoms with Crippen molar-refractivity contribution in [2.45, 2.75) is 14.4 Å². The maximum atomic E-state index is 13.2. The fraction of sp³-hybridized carbons (Fsp3) is 0.120. The minimum absolute atomic E-state index is 0. The molecule has 0 N–H and O–H groups in total. The summed E-state index contributed by atoms with van der Waals surface area (Å²) in [4.78, 5) is 57.4. The van der Waals surface area contributed by atoms with Crippen LogP contribution in [-0.2, 0) is 0 Å². The number of benzene rings is 3.